The van der Waals surface area contributed by atoms with Crippen LogP contribution in [0, 0.1) is 0 Å². The fraction of sp³-hybridized carbons (Fsp3) is 0.176. The third-order valence-electron chi connectivity index (χ3n) is 2.78. The second-order valence-electron chi connectivity index (χ2n) is 4.46. The predicted molar refractivity (Wildman–Crippen MR) is 83.5 cm³/mol. The first kappa shape index (κ1) is 14.8. The Bertz CT molecular complexity index is 609. The average Bonchev–Trinajstić information content (AvgIpc) is 2.49. The molecule has 0 heterocycles. The van der Waals surface area contributed by atoms with Crippen LogP contribution >= 0.6 is 0 Å². The first-order valence-electron chi connectivity index (χ1n) is 6.86. The van der Waals surface area contributed by atoms with Crippen molar-refractivity contribution >= 4 is 12.1 Å². The Kier molecular flexibility index (Phi) is 5.52. The highest BCUT2D eigenvalue weighted by atomic mass is 16.5. The molecule has 0 unspecified atom stereocenters. The molecule has 0 aliphatic rings. The van der Waals surface area contributed by atoms with E-state index in [2.05, 4.69) is 10.5 Å². The van der Waals surface area contributed by atoms with E-state index >= 15 is 0 Å². The van der Waals surface area contributed by atoms with Gasteiger partial charge in [-0.1, -0.05) is 42.5 Å². The van der Waals surface area contributed by atoms with Crippen molar-refractivity contribution in [2.45, 2.75) is 13.3 Å². The van der Waals surface area contributed by atoms with Crippen LogP contribution in [0.5, 0.6) is 5.75 Å². The lowest BCUT2D eigenvalue weighted by Gasteiger charge is -2.03. The van der Waals surface area contributed by atoms with Crippen molar-refractivity contribution in [1.82, 2.24) is 5.43 Å². The number of hydrazone groups is 1. The van der Waals surface area contributed by atoms with E-state index in [0.717, 1.165) is 16.9 Å². The SMILES string of the molecule is CCOc1cccc(/C=N\NC(=O)Cc2ccccc2)c1. The minimum absolute atomic E-state index is 0.140. The van der Waals surface area contributed by atoms with Crippen molar-refractivity contribution in [1.29, 1.82) is 0 Å². The quantitative estimate of drug-likeness (QED) is 0.654. The highest BCUT2D eigenvalue weighted by Gasteiger charge is 2.00. The van der Waals surface area contributed by atoms with Gasteiger partial charge in [0, 0.05) is 0 Å². The van der Waals surface area contributed by atoms with Crippen molar-refractivity contribution in [2.24, 2.45) is 5.10 Å². The zero-order chi connectivity index (χ0) is 14.9. The number of carbonyl (C=O) groups is 1. The van der Waals surface area contributed by atoms with Gasteiger partial charge in [0.15, 0.2) is 0 Å². The summed E-state index contributed by atoms with van der Waals surface area (Å²) in [5.41, 5.74) is 4.36. The van der Waals surface area contributed by atoms with E-state index in [1.54, 1.807) is 6.21 Å². The summed E-state index contributed by atoms with van der Waals surface area (Å²) >= 11 is 0. The van der Waals surface area contributed by atoms with Crippen molar-refractivity contribution in [3.8, 4) is 5.75 Å². The minimum Gasteiger partial charge on any atom is -0.494 e. The van der Waals surface area contributed by atoms with Crippen LogP contribution in [0.2, 0.25) is 0 Å². The standard InChI is InChI=1S/C17H18N2O2/c1-2-21-16-10-6-9-15(11-16)13-18-19-17(20)12-14-7-4-3-5-8-14/h3-11,13H,2,12H2,1H3,(H,19,20)/b18-13-. The molecule has 0 aliphatic heterocycles. The van der Waals surface area contributed by atoms with Crippen molar-refractivity contribution in [3.63, 3.8) is 0 Å². The zero-order valence-electron chi connectivity index (χ0n) is 12.0. The number of amides is 1. The smallest absolute Gasteiger partial charge is 0.244 e. The minimum atomic E-state index is -0.140. The molecule has 4 heteroatoms. The van der Waals surface area contributed by atoms with Gasteiger partial charge in [0.05, 0.1) is 19.2 Å². The van der Waals surface area contributed by atoms with Crippen molar-refractivity contribution < 1.29 is 9.53 Å². The highest BCUT2D eigenvalue weighted by Crippen LogP contribution is 2.11. The summed E-state index contributed by atoms with van der Waals surface area (Å²) in [6, 6.07) is 17.1. The summed E-state index contributed by atoms with van der Waals surface area (Å²) in [6.07, 6.45) is 1.92. The molecule has 2 rings (SSSR count). The number of ether oxygens (including phenoxy) is 1. The van der Waals surface area contributed by atoms with Crippen LogP contribution in [0.15, 0.2) is 59.7 Å². The van der Waals surface area contributed by atoms with Crippen LogP contribution in [0.25, 0.3) is 0 Å². The highest BCUT2D eigenvalue weighted by molar-refractivity contribution is 5.83. The van der Waals surface area contributed by atoms with Crippen LogP contribution in [-0.2, 0) is 11.2 Å². The lowest BCUT2D eigenvalue weighted by atomic mass is 10.1. The molecule has 0 radical (unpaired) electrons. The number of hydrogen-bond acceptors (Lipinski definition) is 3. The fourth-order valence-corrected chi connectivity index (χ4v) is 1.85. The van der Waals surface area contributed by atoms with Gasteiger partial charge in [0.1, 0.15) is 5.75 Å². The molecule has 0 bridgehead atoms. The molecule has 4 nitrogen and oxygen atoms in total. The number of benzene rings is 2. The van der Waals surface area contributed by atoms with Crippen LogP contribution in [0.4, 0.5) is 0 Å². The molecule has 1 amide bonds. The maximum absolute atomic E-state index is 11.7. The van der Waals surface area contributed by atoms with Gasteiger partial charge < -0.3 is 4.74 Å². The van der Waals surface area contributed by atoms with Gasteiger partial charge in [-0.05, 0) is 30.2 Å². The number of carbonyl (C=O) groups excluding carboxylic acids is 1. The summed E-state index contributed by atoms with van der Waals surface area (Å²) in [5.74, 6) is 0.649. The summed E-state index contributed by atoms with van der Waals surface area (Å²) < 4.78 is 5.40. The van der Waals surface area contributed by atoms with Gasteiger partial charge in [-0.25, -0.2) is 5.43 Å². The van der Waals surface area contributed by atoms with Crippen LogP contribution in [0.3, 0.4) is 0 Å². The molecule has 0 aromatic heterocycles. The van der Waals surface area contributed by atoms with Crippen LogP contribution in [-0.4, -0.2) is 18.7 Å². The molecule has 21 heavy (non-hydrogen) atoms. The lowest BCUT2D eigenvalue weighted by Crippen LogP contribution is -2.19. The monoisotopic (exact) mass is 282 g/mol. The molecule has 108 valence electrons. The van der Waals surface area contributed by atoms with Gasteiger partial charge in [0.25, 0.3) is 0 Å². The number of rotatable bonds is 6. The maximum atomic E-state index is 11.7. The normalized spacial score (nSPS) is 10.5. The van der Waals surface area contributed by atoms with E-state index in [0.29, 0.717) is 13.0 Å². The largest absolute Gasteiger partial charge is 0.494 e. The average molecular weight is 282 g/mol. The summed E-state index contributed by atoms with van der Waals surface area (Å²) in [6.45, 7) is 2.55. The van der Waals surface area contributed by atoms with E-state index in [9.17, 15) is 4.79 Å². The fourth-order valence-electron chi connectivity index (χ4n) is 1.85. The Balaban J connectivity index is 1.87. The molecular weight excluding hydrogens is 264 g/mol. The molecule has 0 saturated heterocycles. The van der Waals surface area contributed by atoms with E-state index < -0.39 is 0 Å². The van der Waals surface area contributed by atoms with Gasteiger partial charge in [0.2, 0.25) is 5.91 Å². The van der Waals surface area contributed by atoms with Crippen LogP contribution < -0.4 is 10.2 Å². The first-order valence-corrected chi connectivity index (χ1v) is 6.86. The third kappa shape index (κ3) is 5.10. The summed E-state index contributed by atoms with van der Waals surface area (Å²) in [7, 11) is 0. The Hall–Kier alpha value is -2.62. The van der Waals surface area contributed by atoms with Gasteiger partial charge in [-0.2, -0.15) is 5.10 Å². The van der Waals surface area contributed by atoms with Crippen molar-refractivity contribution in [3.05, 3.63) is 65.7 Å². The van der Waals surface area contributed by atoms with E-state index in [1.165, 1.54) is 0 Å². The van der Waals surface area contributed by atoms with E-state index in [1.807, 2.05) is 61.5 Å². The molecule has 0 spiro atoms. The second kappa shape index (κ2) is 7.85. The van der Waals surface area contributed by atoms with E-state index in [-0.39, 0.29) is 5.91 Å². The Morgan fingerprint density at radius 1 is 1.19 bits per heavy atom. The number of hydrogen-bond donors (Lipinski definition) is 1. The molecule has 2 aromatic rings. The maximum Gasteiger partial charge on any atom is 0.244 e. The molecule has 0 saturated carbocycles. The molecule has 1 N–H and O–H groups in total. The molecule has 0 fully saturated rings. The van der Waals surface area contributed by atoms with Crippen molar-refractivity contribution in [2.75, 3.05) is 6.61 Å². The van der Waals surface area contributed by atoms with Gasteiger partial charge in [-0.15, -0.1) is 0 Å². The Labute approximate surface area is 124 Å². The number of nitrogens with zero attached hydrogens (tertiary/aromatic N) is 1. The van der Waals surface area contributed by atoms with Crippen LogP contribution in [0.1, 0.15) is 18.1 Å². The molecule has 0 aliphatic carbocycles. The summed E-state index contributed by atoms with van der Waals surface area (Å²) in [4.78, 5) is 11.7. The Morgan fingerprint density at radius 2 is 2.00 bits per heavy atom. The summed E-state index contributed by atoms with van der Waals surface area (Å²) in [5, 5.41) is 3.96. The third-order valence-corrected chi connectivity index (χ3v) is 2.78. The van der Waals surface area contributed by atoms with Gasteiger partial charge >= 0.3 is 0 Å². The zero-order valence-corrected chi connectivity index (χ0v) is 12.0. The number of nitrogens with one attached hydrogen (secondary N) is 1. The predicted octanol–water partition coefficient (Wildman–Crippen LogP) is 2.78. The lowest BCUT2D eigenvalue weighted by molar-refractivity contribution is -0.120. The molecule has 2 aromatic carbocycles. The Morgan fingerprint density at radius 3 is 2.76 bits per heavy atom. The molecule has 0 atom stereocenters. The van der Waals surface area contributed by atoms with Gasteiger partial charge in [-0.3, -0.25) is 4.79 Å². The molecular formula is C17H18N2O2. The van der Waals surface area contributed by atoms with E-state index in [4.69, 9.17) is 4.74 Å². The second-order valence-corrected chi connectivity index (χ2v) is 4.46. The first-order chi connectivity index (χ1) is 10.3. The topological polar surface area (TPSA) is 50.7 Å².